The number of pyridine rings is 1. The topological polar surface area (TPSA) is 123 Å². The number of nitrogens with one attached hydrogen (secondary N) is 1. The zero-order chi connectivity index (χ0) is 13.8. The fourth-order valence-electron chi connectivity index (χ4n) is 0.966. The summed E-state index contributed by atoms with van der Waals surface area (Å²) < 4.78 is 29.4. The summed E-state index contributed by atoms with van der Waals surface area (Å²) in [4.78, 5) is 24.8. The van der Waals surface area contributed by atoms with E-state index in [1.807, 2.05) is 4.72 Å². The fraction of sp³-hybridized carbons (Fsp3) is 0.222. The highest BCUT2D eigenvalue weighted by Crippen LogP contribution is 2.06. The van der Waals surface area contributed by atoms with Crippen LogP contribution in [0.4, 0.5) is 0 Å². The summed E-state index contributed by atoms with van der Waals surface area (Å²) >= 11 is 0. The van der Waals surface area contributed by atoms with Crippen LogP contribution in [-0.2, 0) is 19.6 Å². The van der Waals surface area contributed by atoms with E-state index in [1.165, 1.54) is 0 Å². The SMILES string of the molecule is COC(=O)CNS(=O)(=O)c1ccc(C(=O)O)cn1. The van der Waals surface area contributed by atoms with E-state index in [2.05, 4.69) is 9.72 Å². The summed E-state index contributed by atoms with van der Waals surface area (Å²) in [7, 11) is -2.84. The maximum Gasteiger partial charge on any atom is 0.337 e. The molecule has 0 aliphatic rings. The Bertz CT molecular complexity index is 551. The predicted octanol–water partition coefficient (Wildman–Crippen LogP) is -0.769. The monoisotopic (exact) mass is 274 g/mol. The lowest BCUT2D eigenvalue weighted by atomic mass is 10.3. The number of rotatable bonds is 5. The molecule has 0 fully saturated rings. The molecule has 0 saturated heterocycles. The first-order valence-corrected chi connectivity index (χ1v) is 6.11. The quantitative estimate of drug-likeness (QED) is 0.676. The Hall–Kier alpha value is -2.00. The first kappa shape index (κ1) is 14.1. The van der Waals surface area contributed by atoms with Crippen LogP contribution in [-0.4, -0.2) is 44.1 Å². The summed E-state index contributed by atoms with van der Waals surface area (Å²) in [6.07, 6.45) is 0.912. The summed E-state index contributed by atoms with van der Waals surface area (Å²) in [5, 5.41) is 8.24. The van der Waals surface area contributed by atoms with Gasteiger partial charge < -0.3 is 9.84 Å². The van der Waals surface area contributed by atoms with E-state index in [4.69, 9.17) is 5.11 Å². The van der Waals surface area contributed by atoms with Gasteiger partial charge in [0, 0.05) is 6.20 Å². The van der Waals surface area contributed by atoms with Gasteiger partial charge >= 0.3 is 11.9 Å². The van der Waals surface area contributed by atoms with Crippen LogP contribution in [0.25, 0.3) is 0 Å². The maximum absolute atomic E-state index is 11.6. The van der Waals surface area contributed by atoms with Crippen molar-refractivity contribution in [3.8, 4) is 0 Å². The van der Waals surface area contributed by atoms with E-state index in [-0.39, 0.29) is 10.6 Å². The number of hydrogen-bond acceptors (Lipinski definition) is 6. The molecule has 2 N–H and O–H groups in total. The van der Waals surface area contributed by atoms with Crippen LogP contribution in [0.2, 0.25) is 0 Å². The van der Waals surface area contributed by atoms with Crippen LogP contribution in [0.5, 0.6) is 0 Å². The minimum Gasteiger partial charge on any atom is -0.478 e. The summed E-state index contributed by atoms with van der Waals surface area (Å²) in [6.45, 7) is -0.527. The van der Waals surface area contributed by atoms with Crippen LogP contribution in [0.15, 0.2) is 23.4 Å². The van der Waals surface area contributed by atoms with Gasteiger partial charge in [0.1, 0.15) is 6.54 Å². The molecule has 0 aliphatic heterocycles. The van der Waals surface area contributed by atoms with Crippen molar-refractivity contribution in [2.24, 2.45) is 0 Å². The highest BCUT2D eigenvalue weighted by Gasteiger charge is 2.17. The summed E-state index contributed by atoms with van der Waals surface area (Å²) in [5.74, 6) is -1.96. The molecule has 0 spiro atoms. The smallest absolute Gasteiger partial charge is 0.337 e. The Morgan fingerprint density at radius 3 is 2.56 bits per heavy atom. The van der Waals surface area contributed by atoms with Crippen LogP contribution in [0.1, 0.15) is 10.4 Å². The molecule has 0 unspecified atom stereocenters. The summed E-state index contributed by atoms with van der Waals surface area (Å²) in [5.41, 5.74) is -0.137. The Morgan fingerprint density at radius 1 is 1.44 bits per heavy atom. The fourth-order valence-corrected chi connectivity index (χ4v) is 1.86. The normalized spacial score (nSPS) is 10.9. The van der Waals surface area contributed by atoms with Crippen molar-refractivity contribution in [2.75, 3.05) is 13.7 Å². The molecule has 1 heterocycles. The third-order valence-corrected chi connectivity index (χ3v) is 3.21. The molecular formula is C9H10N2O6S. The van der Waals surface area contributed by atoms with Gasteiger partial charge in [-0.2, -0.15) is 4.72 Å². The third kappa shape index (κ3) is 3.50. The minimum absolute atomic E-state index is 0.137. The molecule has 9 heteroatoms. The van der Waals surface area contributed by atoms with E-state index in [0.717, 1.165) is 25.4 Å². The number of esters is 1. The van der Waals surface area contributed by atoms with Crippen LogP contribution >= 0.6 is 0 Å². The number of ether oxygens (including phenoxy) is 1. The van der Waals surface area contributed by atoms with E-state index in [0.29, 0.717) is 0 Å². The lowest BCUT2D eigenvalue weighted by Crippen LogP contribution is -2.30. The van der Waals surface area contributed by atoms with Crippen molar-refractivity contribution < 1.29 is 27.9 Å². The van der Waals surface area contributed by atoms with E-state index >= 15 is 0 Å². The molecule has 0 amide bonds. The molecular weight excluding hydrogens is 264 g/mol. The number of carboxylic acid groups (broad SMARTS) is 1. The zero-order valence-corrected chi connectivity index (χ0v) is 10.1. The molecule has 1 rings (SSSR count). The number of hydrogen-bond donors (Lipinski definition) is 2. The predicted molar refractivity (Wildman–Crippen MR) is 58.4 cm³/mol. The molecule has 0 aliphatic carbocycles. The molecule has 0 radical (unpaired) electrons. The van der Waals surface area contributed by atoms with Crippen LogP contribution in [0, 0.1) is 0 Å². The Morgan fingerprint density at radius 2 is 2.11 bits per heavy atom. The number of carbonyl (C=O) groups is 2. The van der Waals surface area contributed by atoms with Gasteiger partial charge in [0.2, 0.25) is 0 Å². The van der Waals surface area contributed by atoms with Gasteiger partial charge in [-0.1, -0.05) is 0 Å². The molecule has 98 valence electrons. The van der Waals surface area contributed by atoms with E-state index < -0.39 is 28.5 Å². The third-order valence-electron chi connectivity index (χ3n) is 1.89. The average molecular weight is 274 g/mol. The van der Waals surface area contributed by atoms with E-state index in [1.54, 1.807) is 0 Å². The van der Waals surface area contributed by atoms with Crippen molar-refractivity contribution >= 4 is 22.0 Å². The van der Waals surface area contributed by atoms with E-state index in [9.17, 15) is 18.0 Å². The number of carboxylic acids is 1. The number of nitrogens with zero attached hydrogens (tertiary/aromatic N) is 1. The number of methoxy groups -OCH3 is 1. The minimum atomic E-state index is -3.96. The zero-order valence-electron chi connectivity index (χ0n) is 9.28. The van der Waals surface area contributed by atoms with Gasteiger partial charge in [-0.25, -0.2) is 18.2 Å². The van der Waals surface area contributed by atoms with Crippen molar-refractivity contribution in [3.05, 3.63) is 23.9 Å². The number of aromatic nitrogens is 1. The Labute approximate surface area is 103 Å². The first-order valence-electron chi connectivity index (χ1n) is 4.62. The van der Waals surface area contributed by atoms with Gasteiger partial charge in [-0.15, -0.1) is 0 Å². The molecule has 0 saturated carbocycles. The highest BCUT2D eigenvalue weighted by atomic mass is 32.2. The molecule has 1 aromatic heterocycles. The standard InChI is InChI=1S/C9H10N2O6S/c1-17-8(12)5-11-18(15,16)7-3-2-6(4-10-7)9(13)14/h2-4,11H,5H2,1H3,(H,13,14). The Balaban J connectivity index is 2.85. The largest absolute Gasteiger partial charge is 0.478 e. The lowest BCUT2D eigenvalue weighted by molar-refractivity contribution is -0.139. The molecule has 0 atom stereocenters. The lowest BCUT2D eigenvalue weighted by Gasteiger charge is -2.04. The molecule has 1 aromatic rings. The number of carbonyl (C=O) groups excluding carboxylic acids is 1. The van der Waals surface area contributed by atoms with Gasteiger partial charge in [-0.05, 0) is 12.1 Å². The van der Waals surface area contributed by atoms with Crippen LogP contribution < -0.4 is 4.72 Å². The molecule has 8 nitrogen and oxygen atoms in total. The van der Waals surface area contributed by atoms with Crippen molar-refractivity contribution in [3.63, 3.8) is 0 Å². The number of sulfonamides is 1. The highest BCUT2D eigenvalue weighted by molar-refractivity contribution is 7.89. The average Bonchev–Trinajstić information content (AvgIpc) is 2.36. The Kier molecular flexibility index (Phi) is 4.34. The second kappa shape index (κ2) is 5.56. The van der Waals surface area contributed by atoms with Crippen molar-refractivity contribution in [1.29, 1.82) is 0 Å². The van der Waals surface area contributed by atoms with Gasteiger partial charge in [-0.3, -0.25) is 4.79 Å². The second-order valence-corrected chi connectivity index (χ2v) is 4.80. The van der Waals surface area contributed by atoms with Crippen molar-refractivity contribution in [2.45, 2.75) is 5.03 Å². The molecule has 0 bridgehead atoms. The van der Waals surface area contributed by atoms with Gasteiger partial charge in [0.05, 0.1) is 12.7 Å². The van der Waals surface area contributed by atoms with Gasteiger partial charge in [0.25, 0.3) is 10.0 Å². The molecule has 18 heavy (non-hydrogen) atoms. The first-order chi connectivity index (χ1) is 8.36. The van der Waals surface area contributed by atoms with Crippen molar-refractivity contribution in [1.82, 2.24) is 9.71 Å². The molecule has 0 aromatic carbocycles. The second-order valence-electron chi connectivity index (χ2n) is 3.09. The van der Waals surface area contributed by atoms with Crippen LogP contribution in [0.3, 0.4) is 0 Å². The van der Waals surface area contributed by atoms with Gasteiger partial charge in [0.15, 0.2) is 5.03 Å². The number of aromatic carboxylic acids is 1. The maximum atomic E-state index is 11.6. The summed E-state index contributed by atoms with van der Waals surface area (Å²) in [6, 6.07) is 2.13.